The zero-order chi connectivity index (χ0) is 14.0. The lowest BCUT2D eigenvalue weighted by Gasteiger charge is -2.10. The SMILES string of the molecule is O=C(O)CN1C(=O)/C(=C/c2ccc(F)cc2)SC1=S. The summed E-state index contributed by atoms with van der Waals surface area (Å²) in [6, 6.07) is 5.62. The van der Waals surface area contributed by atoms with Gasteiger partial charge >= 0.3 is 5.97 Å². The Morgan fingerprint density at radius 1 is 1.42 bits per heavy atom. The Hall–Kier alpha value is -1.73. The first kappa shape index (κ1) is 13.7. The zero-order valence-corrected chi connectivity index (χ0v) is 11.1. The minimum atomic E-state index is -1.13. The molecule has 0 aliphatic carbocycles. The molecule has 1 aromatic carbocycles. The van der Waals surface area contributed by atoms with Gasteiger partial charge in [-0.05, 0) is 23.8 Å². The molecule has 0 atom stereocenters. The predicted molar refractivity (Wildman–Crippen MR) is 73.9 cm³/mol. The molecule has 0 aromatic heterocycles. The second-order valence-corrected chi connectivity index (χ2v) is 5.39. The lowest BCUT2D eigenvalue weighted by molar-refractivity contribution is -0.140. The number of hydrogen-bond donors (Lipinski definition) is 1. The molecule has 7 heteroatoms. The topological polar surface area (TPSA) is 57.6 Å². The van der Waals surface area contributed by atoms with Crippen LogP contribution in [0.15, 0.2) is 29.2 Å². The molecule has 0 spiro atoms. The number of hydrogen-bond acceptors (Lipinski definition) is 4. The molecular formula is C12H8FNO3S2. The Balaban J connectivity index is 2.23. The van der Waals surface area contributed by atoms with Gasteiger partial charge in [-0.25, -0.2) is 4.39 Å². The average Bonchev–Trinajstić information content (AvgIpc) is 2.60. The van der Waals surface area contributed by atoms with Crippen LogP contribution >= 0.6 is 24.0 Å². The van der Waals surface area contributed by atoms with E-state index in [2.05, 4.69) is 0 Å². The molecule has 19 heavy (non-hydrogen) atoms. The number of carbonyl (C=O) groups excluding carboxylic acids is 1. The van der Waals surface area contributed by atoms with Crippen LogP contribution in [0.4, 0.5) is 4.39 Å². The second-order valence-electron chi connectivity index (χ2n) is 3.71. The molecule has 1 aliphatic heterocycles. The highest BCUT2D eigenvalue weighted by Crippen LogP contribution is 2.32. The van der Waals surface area contributed by atoms with Gasteiger partial charge in [-0.3, -0.25) is 14.5 Å². The number of benzene rings is 1. The van der Waals surface area contributed by atoms with Gasteiger partial charge in [0.15, 0.2) is 0 Å². The van der Waals surface area contributed by atoms with E-state index in [1.807, 2.05) is 0 Å². The first-order chi connectivity index (χ1) is 8.97. The van der Waals surface area contributed by atoms with Crippen molar-refractivity contribution in [2.75, 3.05) is 6.54 Å². The number of thiocarbonyl (C=S) groups is 1. The lowest BCUT2D eigenvalue weighted by atomic mass is 10.2. The van der Waals surface area contributed by atoms with Crippen LogP contribution in [-0.4, -0.2) is 32.7 Å². The number of carboxylic acid groups (broad SMARTS) is 1. The summed E-state index contributed by atoms with van der Waals surface area (Å²) in [5.74, 6) is -1.93. The molecule has 4 nitrogen and oxygen atoms in total. The summed E-state index contributed by atoms with van der Waals surface area (Å²) in [5.41, 5.74) is 0.650. The van der Waals surface area contributed by atoms with Crippen molar-refractivity contribution in [1.82, 2.24) is 4.90 Å². The molecule has 98 valence electrons. The van der Waals surface area contributed by atoms with Crippen molar-refractivity contribution in [3.8, 4) is 0 Å². The summed E-state index contributed by atoms with van der Waals surface area (Å²) in [4.78, 5) is 23.9. The van der Waals surface area contributed by atoms with Crippen LogP contribution in [0.5, 0.6) is 0 Å². The molecule has 1 saturated heterocycles. The molecule has 2 rings (SSSR count). The number of carboxylic acids is 1. The van der Waals surface area contributed by atoms with Crippen molar-refractivity contribution < 1.29 is 19.1 Å². The van der Waals surface area contributed by atoms with Gasteiger partial charge in [-0.2, -0.15) is 0 Å². The van der Waals surface area contributed by atoms with Gasteiger partial charge in [0, 0.05) is 0 Å². The maximum Gasteiger partial charge on any atom is 0.323 e. The van der Waals surface area contributed by atoms with Gasteiger partial charge in [-0.1, -0.05) is 36.1 Å². The fraction of sp³-hybridized carbons (Fsp3) is 0.0833. The average molecular weight is 297 g/mol. The van der Waals surface area contributed by atoms with E-state index in [4.69, 9.17) is 17.3 Å². The van der Waals surface area contributed by atoms with Crippen molar-refractivity contribution in [2.24, 2.45) is 0 Å². The van der Waals surface area contributed by atoms with Crippen molar-refractivity contribution in [3.05, 3.63) is 40.6 Å². The molecule has 0 unspecified atom stereocenters. The van der Waals surface area contributed by atoms with E-state index in [1.54, 1.807) is 6.08 Å². The van der Waals surface area contributed by atoms with E-state index in [0.29, 0.717) is 10.5 Å². The Bertz CT molecular complexity index is 583. The molecule has 1 amide bonds. The van der Waals surface area contributed by atoms with Crippen molar-refractivity contribution in [1.29, 1.82) is 0 Å². The first-order valence-electron chi connectivity index (χ1n) is 5.20. The molecule has 1 heterocycles. The summed E-state index contributed by atoms with van der Waals surface area (Å²) < 4.78 is 13.0. The molecule has 1 aromatic rings. The molecule has 1 N–H and O–H groups in total. The van der Waals surface area contributed by atoms with Crippen LogP contribution in [0, 0.1) is 5.82 Å². The third kappa shape index (κ3) is 3.18. The molecule has 1 fully saturated rings. The summed E-state index contributed by atoms with van der Waals surface area (Å²) in [6.45, 7) is -0.453. The number of amides is 1. The molecule has 0 radical (unpaired) electrons. The van der Waals surface area contributed by atoms with Gasteiger partial charge in [0.1, 0.15) is 16.7 Å². The third-order valence-electron chi connectivity index (χ3n) is 2.33. The van der Waals surface area contributed by atoms with Crippen molar-refractivity contribution in [3.63, 3.8) is 0 Å². The standard InChI is InChI=1S/C12H8FNO3S2/c13-8-3-1-7(2-4-8)5-9-11(17)14(6-10(15)16)12(18)19-9/h1-5H,6H2,(H,15,16)/b9-5-. The second kappa shape index (κ2) is 5.50. The van der Waals surface area contributed by atoms with E-state index >= 15 is 0 Å². The number of rotatable bonds is 3. The van der Waals surface area contributed by atoms with E-state index in [9.17, 15) is 14.0 Å². The Morgan fingerprint density at radius 3 is 2.63 bits per heavy atom. The maximum atomic E-state index is 12.8. The highest BCUT2D eigenvalue weighted by Gasteiger charge is 2.33. The van der Waals surface area contributed by atoms with Gasteiger partial charge in [0.2, 0.25) is 0 Å². The van der Waals surface area contributed by atoms with E-state index in [0.717, 1.165) is 16.7 Å². The fourth-order valence-electron chi connectivity index (χ4n) is 1.48. The van der Waals surface area contributed by atoms with Crippen LogP contribution in [0.25, 0.3) is 6.08 Å². The monoisotopic (exact) mass is 297 g/mol. The van der Waals surface area contributed by atoms with Crippen LogP contribution < -0.4 is 0 Å². The van der Waals surface area contributed by atoms with E-state index in [1.165, 1.54) is 24.3 Å². The fourth-order valence-corrected chi connectivity index (χ4v) is 2.74. The Morgan fingerprint density at radius 2 is 2.05 bits per heavy atom. The van der Waals surface area contributed by atoms with Crippen LogP contribution in [-0.2, 0) is 9.59 Å². The molecule has 0 bridgehead atoms. The maximum absolute atomic E-state index is 12.8. The Labute approximate surface area is 117 Å². The quantitative estimate of drug-likeness (QED) is 0.684. The number of thioether (sulfide) groups is 1. The largest absolute Gasteiger partial charge is 0.480 e. The minimum Gasteiger partial charge on any atom is -0.480 e. The predicted octanol–water partition coefficient (Wildman–Crippen LogP) is 2.11. The van der Waals surface area contributed by atoms with Crippen LogP contribution in [0.3, 0.4) is 0 Å². The summed E-state index contributed by atoms with van der Waals surface area (Å²) in [6.07, 6.45) is 1.56. The number of halogens is 1. The van der Waals surface area contributed by atoms with E-state index < -0.39 is 18.4 Å². The summed E-state index contributed by atoms with van der Waals surface area (Å²) in [5, 5.41) is 8.69. The summed E-state index contributed by atoms with van der Waals surface area (Å²) in [7, 11) is 0. The first-order valence-corrected chi connectivity index (χ1v) is 6.42. The highest BCUT2D eigenvalue weighted by molar-refractivity contribution is 8.26. The van der Waals surface area contributed by atoms with Crippen LogP contribution in [0.2, 0.25) is 0 Å². The summed E-state index contributed by atoms with van der Waals surface area (Å²) >= 11 is 5.99. The number of carbonyl (C=O) groups is 2. The van der Waals surface area contributed by atoms with Crippen molar-refractivity contribution >= 4 is 46.3 Å². The molecule has 0 saturated carbocycles. The smallest absolute Gasteiger partial charge is 0.323 e. The van der Waals surface area contributed by atoms with E-state index in [-0.39, 0.29) is 10.1 Å². The Kier molecular flexibility index (Phi) is 3.96. The number of nitrogens with zero attached hydrogens (tertiary/aromatic N) is 1. The van der Waals surface area contributed by atoms with Gasteiger partial charge in [0.05, 0.1) is 4.91 Å². The third-order valence-corrected chi connectivity index (χ3v) is 3.71. The van der Waals surface area contributed by atoms with Crippen LogP contribution in [0.1, 0.15) is 5.56 Å². The normalized spacial score (nSPS) is 17.3. The molecule has 1 aliphatic rings. The van der Waals surface area contributed by atoms with Gasteiger partial charge < -0.3 is 5.11 Å². The number of aliphatic carboxylic acids is 1. The highest BCUT2D eigenvalue weighted by atomic mass is 32.2. The van der Waals surface area contributed by atoms with Crippen molar-refractivity contribution in [2.45, 2.75) is 0 Å². The lowest BCUT2D eigenvalue weighted by Crippen LogP contribution is -2.33. The van der Waals surface area contributed by atoms with Gasteiger partial charge in [0.25, 0.3) is 5.91 Å². The molecular weight excluding hydrogens is 289 g/mol. The van der Waals surface area contributed by atoms with Gasteiger partial charge in [-0.15, -0.1) is 0 Å². The minimum absolute atomic E-state index is 0.209. The zero-order valence-electron chi connectivity index (χ0n) is 9.50.